The number of sulfonamides is 1. The van der Waals surface area contributed by atoms with Gasteiger partial charge < -0.3 is 5.32 Å². The van der Waals surface area contributed by atoms with Gasteiger partial charge in [0.15, 0.2) is 0 Å². The van der Waals surface area contributed by atoms with Gasteiger partial charge in [0.1, 0.15) is 0 Å². The minimum atomic E-state index is -3.72. The predicted octanol–water partition coefficient (Wildman–Crippen LogP) is 4.03. The molecule has 3 aromatic rings. The molecule has 1 amide bonds. The van der Waals surface area contributed by atoms with Gasteiger partial charge in [0, 0.05) is 12.1 Å². The number of benzene rings is 3. The first kappa shape index (κ1) is 19.6. The van der Waals surface area contributed by atoms with E-state index in [1.807, 2.05) is 31.2 Å². The van der Waals surface area contributed by atoms with Crippen molar-refractivity contribution < 1.29 is 13.2 Å². The van der Waals surface area contributed by atoms with Crippen molar-refractivity contribution in [1.29, 1.82) is 0 Å². The first-order valence-electron chi connectivity index (χ1n) is 8.87. The lowest BCUT2D eigenvalue weighted by Crippen LogP contribution is -2.23. The quantitative estimate of drug-likeness (QED) is 0.663. The van der Waals surface area contributed by atoms with E-state index in [2.05, 4.69) is 10.0 Å². The Hall–Kier alpha value is -3.12. The smallest absolute Gasteiger partial charge is 0.261 e. The second-order valence-corrected chi connectivity index (χ2v) is 8.30. The molecule has 0 aliphatic rings. The third-order valence-electron chi connectivity index (χ3n) is 4.37. The Morgan fingerprint density at radius 1 is 0.893 bits per heavy atom. The molecule has 0 saturated heterocycles. The van der Waals surface area contributed by atoms with Gasteiger partial charge in [-0.1, -0.05) is 54.1 Å². The molecule has 0 bridgehead atoms. The molecule has 0 unspecified atom stereocenters. The van der Waals surface area contributed by atoms with Crippen molar-refractivity contribution in [3.63, 3.8) is 0 Å². The molecule has 5 nitrogen and oxygen atoms in total. The number of rotatable bonds is 6. The maximum atomic E-state index is 12.6. The van der Waals surface area contributed by atoms with Gasteiger partial charge in [-0.3, -0.25) is 9.52 Å². The lowest BCUT2D eigenvalue weighted by atomic mass is 10.1. The zero-order valence-electron chi connectivity index (χ0n) is 15.8. The third kappa shape index (κ3) is 4.78. The fraction of sp³-hybridized carbons (Fsp3) is 0.136. The summed E-state index contributed by atoms with van der Waals surface area (Å²) in [4.78, 5) is 12.7. The molecule has 0 aliphatic carbocycles. The van der Waals surface area contributed by atoms with E-state index >= 15 is 0 Å². The summed E-state index contributed by atoms with van der Waals surface area (Å²) in [5.74, 6) is -0.263. The summed E-state index contributed by atoms with van der Waals surface area (Å²) in [6, 6.07) is 21.0. The third-order valence-corrected chi connectivity index (χ3v) is 5.75. The molecular formula is C22H22N2O3S. The van der Waals surface area contributed by atoms with Crippen molar-refractivity contribution in [3.05, 3.63) is 95.1 Å². The van der Waals surface area contributed by atoms with Gasteiger partial charge >= 0.3 is 0 Å². The highest BCUT2D eigenvalue weighted by atomic mass is 32.2. The van der Waals surface area contributed by atoms with E-state index in [1.165, 1.54) is 12.1 Å². The Bertz CT molecular complexity index is 1080. The van der Waals surface area contributed by atoms with Gasteiger partial charge in [0.2, 0.25) is 0 Å². The van der Waals surface area contributed by atoms with E-state index in [0.29, 0.717) is 17.8 Å². The zero-order chi connectivity index (χ0) is 20.1. The normalized spacial score (nSPS) is 11.1. The van der Waals surface area contributed by atoms with Crippen LogP contribution in [0.3, 0.4) is 0 Å². The standard InChI is InChI=1S/C22H22N2O3S/c1-16-8-11-18(12-9-16)15-23-22(25)19-13-10-17(2)21(14-19)24-28(26,27)20-6-4-3-5-7-20/h3-14,24H,15H2,1-2H3,(H,23,25). The number of amides is 1. The highest BCUT2D eigenvalue weighted by Gasteiger charge is 2.16. The van der Waals surface area contributed by atoms with Crippen LogP contribution in [0.15, 0.2) is 77.7 Å². The van der Waals surface area contributed by atoms with E-state index in [9.17, 15) is 13.2 Å². The van der Waals surface area contributed by atoms with E-state index in [-0.39, 0.29) is 10.8 Å². The second kappa shape index (κ2) is 8.27. The maximum Gasteiger partial charge on any atom is 0.261 e. The highest BCUT2D eigenvalue weighted by molar-refractivity contribution is 7.92. The molecule has 0 heterocycles. The van der Waals surface area contributed by atoms with Crippen LogP contribution in [0.5, 0.6) is 0 Å². The fourth-order valence-electron chi connectivity index (χ4n) is 2.67. The van der Waals surface area contributed by atoms with Crippen molar-refractivity contribution in [2.45, 2.75) is 25.3 Å². The van der Waals surface area contributed by atoms with Crippen LogP contribution in [0, 0.1) is 13.8 Å². The summed E-state index contributed by atoms with van der Waals surface area (Å²) >= 11 is 0. The molecule has 144 valence electrons. The first-order valence-corrected chi connectivity index (χ1v) is 10.4. The van der Waals surface area contributed by atoms with Gasteiger partial charge in [-0.25, -0.2) is 8.42 Å². The van der Waals surface area contributed by atoms with E-state index < -0.39 is 10.0 Å². The SMILES string of the molecule is Cc1ccc(CNC(=O)c2ccc(C)c(NS(=O)(=O)c3ccccc3)c2)cc1. The topological polar surface area (TPSA) is 75.3 Å². The van der Waals surface area contributed by atoms with Gasteiger partial charge in [-0.2, -0.15) is 0 Å². The average Bonchev–Trinajstić information content (AvgIpc) is 2.69. The van der Waals surface area contributed by atoms with Crippen LogP contribution in [0.25, 0.3) is 0 Å². The fourth-order valence-corrected chi connectivity index (χ4v) is 3.81. The van der Waals surface area contributed by atoms with Gasteiger partial charge in [0.25, 0.3) is 15.9 Å². The van der Waals surface area contributed by atoms with E-state index in [4.69, 9.17) is 0 Å². The largest absolute Gasteiger partial charge is 0.348 e. The number of nitrogens with one attached hydrogen (secondary N) is 2. The van der Waals surface area contributed by atoms with Gasteiger partial charge in [0.05, 0.1) is 10.6 Å². The van der Waals surface area contributed by atoms with E-state index in [1.54, 1.807) is 43.3 Å². The molecule has 0 atom stereocenters. The number of carbonyl (C=O) groups is 1. The summed E-state index contributed by atoms with van der Waals surface area (Å²) in [6.07, 6.45) is 0. The molecule has 0 radical (unpaired) electrons. The molecule has 0 spiro atoms. The molecule has 0 fully saturated rings. The van der Waals surface area contributed by atoms with Crippen molar-refractivity contribution in [2.75, 3.05) is 4.72 Å². The predicted molar refractivity (Wildman–Crippen MR) is 111 cm³/mol. The monoisotopic (exact) mass is 394 g/mol. The lowest BCUT2D eigenvalue weighted by Gasteiger charge is -2.12. The molecule has 0 saturated carbocycles. The highest BCUT2D eigenvalue weighted by Crippen LogP contribution is 2.21. The zero-order valence-corrected chi connectivity index (χ0v) is 16.6. The number of anilines is 1. The Balaban J connectivity index is 1.75. The molecule has 6 heteroatoms. The van der Waals surface area contributed by atoms with Crippen molar-refractivity contribution in [2.24, 2.45) is 0 Å². The number of carbonyl (C=O) groups excluding carboxylic acids is 1. The summed E-state index contributed by atoms with van der Waals surface area (Å²) in [7, 11) is -3.72. The number of hydrogen-bond acceptors (Lipinski definition) is 3. The van der Waals surface area contributed by atoms with Crippen molar-refractivity contribution in [3.8, 4) is 0 Å². The molecule has 28 heavy (non-hydrogen) atoms. The van der Waals surface area contributed by atoms with Crippen LogP contribution in [0.4, 0.5) is 5.69 Å². The Morgan fingerprint density at radius 3 is 2.25 bits per heavy atom. The Kier molecular flexibility index (Phi) is 5.80. The van der Waals surface area contributed by atoms with Gasteiger partial charge in [-0.15, -0.1) is 0 Å². The van der Waals surface area contributed by atoms with E-state index in [0.717, 1.165) is 16.7 Å². The summed E-state index contributed by atoms with van der Waals surface area (Å²) in [5.41, 5.74) is 3.66. The Morgan fingerprint density at radius 2 is 1.57 bits per heavy atom. The molecule has 0 aliphatic heterocycles. The van der Waals surface area contributed by atoms with Crippen LogP contribution in [-0.2, 0) is 16.6 Å². The van der Waals surface area contributed by atoms with Crippen molar-refractivity contribution in [1.82, 2.24) is 5.32 Å². The molecule has 0 aromatic heterocycles. The van der Waals surface area contributed by atoms with Crippen LogP contribution in [0.1, 0.15) is 27.0 Å². The average molecular weight is 394 g/mol. The summed E-state index contributed by atoms with van der Waals surface area (Å²) < 4.78 is 27.7. The summed E-state index contributed by atoms with van der Waals surface area (Å²) in [6.45, 7) is 4.20. The van der Waals surface area contributed by atoms with Crippen LogP contribution in [-0.4, -0.2) is 14.3 Å². The minimum Gasteiger partial charge on any atom is -0.348 e. The van der Waals surface area contributed by atoms with Crippen LogP contribution in [0.2, 0.25) is 0 Å². The molecule has 3 rings (SSSR count). The first-order chi connectivity index (χ1) is 13.3. The maximum absolute atomic E-state index is 12.6. The van der Waals surface area contributed by atoms with Crippen LogP contribution >= 0.6 is 0 Å². The lowest BCUT2D eigenvalue weighted by molar-refractivity contribution is 0.0951. The number of aryl methyl sites for hydroxylation is 2. The molecular weight excluding hydrogens is 372 g/mol. The number of hydrogen-bond donors (Lipinski definition) is 2. The van der Waals surface area contributed by atoms with Crippen molar-refractivity contribution >= 4 is 21.6 Å². The Labute approximate surface area is 165 Å². The van der Waals surface area contributed by atoms with Crippen LogP contribution < -0.4 is 10.0 Å². The summed E-state index contributed by atoms with van der Waals surface area (Å²) in [5, 5.41) is 2.86. The second-order valence-electron chi connectivity index (χ2n) is 6.62. The minimum absolute atomic E-state index is 0.170. The molecule has 2 N–H and O–H groups in total. The van der Waals surface area contributed by atoms with Gasteiger partial charge in [-0.05, 0) is 49.2 Å². The molecule has 3 aromatic carbocycles.